The Kier molecular flexibility index (Phi) is 9.08. The lowest BCUT2D eigenvalue weighted by Crippen LogP contribution is -2.46. The predicted molar refractivity (Wildman–Crippen MR) is 135 cm³/mol. The van der Waals surface area contributed by atoms with E-state index in [1.165, 1.54) is 5.56 Å². The maximum atomic E-state index is 13.0. The van der Waals surface area contributed by atoms with Crippen LogP contribution in [0.3, 0.4) is 0 Å². The highest BCUT2D eigenvalue weighted by atomic mass is 16.2. The van der Waals surface area contributed by atoms with Crippen molar-refractivity contribution in [2.45, 2.75) is 73.6 Å². The van der Waals surface area contributed by atoms with Crippen LogP contribution in [0.2, 0.25) is 0 Å². The fourth-order valence-electron chi connectivity index (χ4n) is 3.56. The van der Waals surface area contributed by atoms with Gasteiger partial charge in [0.05, 0.1) is 11.4 Å². The second-order valence-corrected chi connectivity index (χ2v) is 10.3. The molecular weight excluding hydrogens is 414 g/mol. The second-order valence-electron chi connectivity index (χ2n) is 10.3. The molecule has 1 aromatic carbocycles. The number of hydrogen-bond acceptors (Lipinski definition) is 3. The Morgan fingerprint density at radius 1 is 1.15 bits per heavy atom. The van der Waals surface area contributed by atoms with Crippen LogP contribution >= 0.6 is 0 Å². The molecule has 2 N–H and O–H groups in total. The van der Waals surface area contributed by atoms with Gasteiger partial charge in [-0.25, -0.2) is 9.48 Å². The van der Waals surface area contributed by atoms with Gasteiger partial charge in [0.15, 0.2) is 0 Å². The second kappa shape index (κ2) is 11.3. The number of aryl methyl sites for hydroxylation is 2. The number of anilines is 1. The average molecular weight is 456 g/mol. The summed E-state index contributed by atoms with van der Waals surface area (Å²) in [4.78, 5) is 27.3. The molecule has 1 heterocycles. The van der Waals surface area contributed by atoms with Crippen LogP contribution in [0.15, 0.2) is 24.3 Å². The summed E-state index contributed by atoms with van der Waals surface area (Å²) in [6.45, 7) is 17.6. The zero-order chi connectivity index (χ0) is 24.8. The summed E-state index contributed by atoms with van der Waals surface area (Å²) >= 11 is 0. The lowest BCUT2D eigenvalue weighted by atomic mass is 9.92. The summed E-state index contributed by atoms with van der Waals surface area (Å²) in [5, 5.41) is 10.7. The minimum Gasteiger partial charge on any atom is -0.338 e. The van der Waals surface area contributed by atoms with Gasteiger partial charge in [0.2, 0.25) is 5.91 Å². The van der Waals surface area contributed by atoms with Gasteiger partial charge in [-0.3, -0.25) is 4.79 Å². The molecule has 0 radical (unpaired) electrons. The van der Waals surface area contributed by atoms with Crippen molar-refractivity contribution < 1.29 is 9.59 Å². The summed E-state index contributed by atoms with van der Waals surface area (Å²) < 4.78 is 1.79. The van der Waals surface area contributed by atoms with Gasteiger partial charge in [0, 0.05) is 24.6 Å². The van der Waals surface area contributed by atoms with E-state index < -0.39 is 0 Å². The van der Waals surface area contributed by atoms with Crippen molar-refractivity contribution in [2.75, 3.05) is 25.0 Å². The Bertz CT molecular complexity index is 956. The number of hydrogen-bond donors (Lipinski definition) is 2. The van der Waals surface area contributed by atoms with Gasteiger partial charge in [-0.05, 0) is 37.8 Å². The molecule has 7 nitrogen and oxygen atoms in total. The lowest BCUT2D eigenvalue weighted by Gasteiger charge is -2.24. The van der Waals surface area contributed by atoms with E-state index in [2.05, 4.69) is 51.3 Å². The van der Waals surface area contributed by atoms with Crippen LogP contribution in [-0.4, -0.2) is 46.3 Å². The highest BCUT2D eigenvalue weighted by Gasteiger charge is 2.24. The van der Waals surface area contributed by atoms with E-state index in [-0.39, 0.29) is 29.8 Å². The molecule has 1 aromatic heterocycles. The first kappa shape index (κ1) is 26.4. The monoisotopic (exact) mass is 455 g/mol. The molecule has 0 unspecified atom stereocenters. The SMILES string of the molecule is CCCCNC(=O)N(CC(=O)Nc1cc(C(C)(C)C)nn1-c1ccc(C)cc1C)CC(C)C. The number of benzene rings is 1. The third kappa shape index (κ3) is 7.62. The number of nitrogens with zero attached hydrogens (tertiary/aromatic N) is 3. The van der Waals surface area contributed by atoms with E-state index >= 15 is 0 Å². The van der Waals surface area contributed by atoms with Crippen molar-refractivity contribution in [1.29, 1.82) is 0 Å². The Morgan fingerprint density at radius 2 is 1.85 bits per heavy atom. The third-order valence-electron chi connectivity index (χ3n) is 5.34. The van der Waals surface area contributed by atoms with Crippen LogP contribution in [0, 0.1) is 19.8 Å². The lowest BCUT2D eigenvalue weighted by molar-refractivity contribution is -0.116. The molecule has 0 saturated heterocycles. The summed E-state index contributed by atoms with van der Waals surface area (Å²) in [6.07, 6.45) is 1.92. The minimum absolute atomic E-state index is 0.0148. The number of rotatable bonds is 9. The van der Waals surface area contributed by atoms with Gasteiger partial charge in [-0.2, -0.15) is 5.10 Å². The number of urea groups is 1. The average Bonchev–Trinajstić information content (AvgIpc) is 3.11. The van der Waals surface area contributed by atoms with Crippen molar-refractivity contribution >= 4 is 17.8 Å². The van der Waals surface area contributed by atoms with E-state index in [0.29, 0.717) is 18.9 Å². The van der Waals surface area contributed by atoms with E-state index in [0.717, 1.165) is 29.8 Å². The summed E-state index contributed by atoms with van der Waals surface area (Å²) in [6, 6.07) is 7.88. The first-order valence-electron chi connectivity index (χ1n) is 11.9. The van der Waals surface area contributed by atoms with Crippen molar-refractivity contribution in [3.63, 3.8) is 0 Å². The van der Waals surface area contributed by atoms with E-state index in [9.17, 15) is 9.59 Å². The Labute approximate surface area is 198 Å². The number of unbranched alkanes of at least 4 members (excludes halogenated alkanes) is 1. The molecule has 7 heteroatoms. The molecule has 0 aliphatic carbocycles. The van der Waals surface area contributed by atoms with Gasteiger partial charge >= 0.3 is 6.03 Å². The Morgan fingerprint density at radius 3 is 2.42 bits per heavy atom. The normalized spacial score (nSPS) is 11.5. The molecule has 182 valence electrons. The zero-order valence-corrected chi connectivity index (χ0v) is 21.6. The maximum Gasteiger partial charge on any atom is 0.317 e. The molecule has 0 saturated carbocycles. The zero-order valence-electron chi connectivity index (χ0n) is 21.6. The number of carbonyl (C=O) groups excluding carboxylic acids is 2. The molecular formula is C26H41N5O2. The molecule has 33 heavy (non-hydrogen) atoms. The van der Waals surface area contributed by atoms with Crippen LogP contribution < -0.4 is 10.6 Å². The molecule has 0 spiro atoms. The van der Waals surface area contributed by atoms with Crippen molar-refractivity contribution in [1.82, 2.24) is 20.0 Å². The summed E-state index contributed by atoms with van der Waals surface area (Å²) in [7, 11) is 0. The number of amides is 3. The van der Waals surface area contributed by atoms with Crippen LogP contribution in [-0.2, 0) is 10.2 Å². The smallest absolute Gasteiger partial charge is 0.317 e. The number of carbonyl (C=O) groups is 2. The first-order valence-corrected chi connectivity index (χ1v) is 11.9. The van der Waals surface area contributed by atoms with Gasteiger partial charge in [-0.15, -0.1) is 0 Å². The van der Waals surface area contributed by atoms with Crippen molar-refractivity contribution in [3.05, 3.63) is 41.1 Å². The Balaban J connectivity index is 2.29. The highest BCUT2D eigenvalue weighted by molar-refractivity contribution is 5.94. The molecule has 0 bridgehead atoms. The highest BCUT2D eigenvalue weighted by Crippen LogP contribution is 2.27. The molecule has 0 aliphatic heterocycles. The topological polar surface area (TPSA) is 79.3 Å². The number of aromatic nitrogens is 2. The van der Waals surface area contributed by atoms with Crippen LogP contribution in [0.5, 0.6) is 0 Å². The van der Waals surface area contributed by atoms with E-state index in [1.807, 2.05) is 39.0 Å². The molecule has 3 amide bonds. The minimum atomic E-state index is -0.243. The maximum absolute atomic E-state index is 13.0. The summed E-state index contributed by atoms with van der Waals surface area (Å²) in [5.41, 5.74) is 3.87. The largest absolute Gasteiger partial charge is 0.338 e. The first-order chi connectivity index (χ1) is 15.4. The fourth-order valence-corrected chi connectivity index (χ4v) is 3.56. The van der Waals surface area contributed by atoms with Gasteiger partial charge < -0.3 is 15.5 Å². The van der Waals surface area contributed by atoms with Crippen LogP contribution in [0.25, 0.3) is 5.69 Å². The van der Waals surface area contributed by atoms with Gasteiger partial charge in [-0.1, -0.05) is 65.7 Å². The van der Waals surface area contributed by atoms with Crippen molar-refractivity contribution in [3.8, 4) is 5.69 Å². The Hall–Kier alpha value is -2.83. The standard InChI is InChI=1S/C26H41N5O2/c1-9-10-13-27-25(33)30(16-18(2)3)17-24(32)28-23-15-22(26(6,7)8)29-31(23)21-12-11-19(4)14-20(21)5/h11-12,14-15,18H,9-10,13,16-17H2,1-8H3,(H,27,33)(H,28,32). The van der Waals surface area contributed by atoms with E-state index in [4.69, 9.17) is 5.10 Å². The molecule has 0 fully saturated rings. The predicted octanol–water partition coefficient (Wildman–Crippen LogP) is 5.19. The van der Waals surface area contributed by atoms with Crippen LogP contribution in [0.1, 0.15) is 71.2 Å². The van der Waals surface area contributed by atoms with Gasteiger partial charge in [0.25, 0.3) is 0 Å². The van der Waals surface area contributed by atoms with Gasteiger partial charge in [0.1, 0.15) is 12.4 Å². The molecule has 2 rings (SSSR count). The molecule has 0 atom stereocenters. The summed E-state index contributed by atoms with van der Waals surface area (Å²) in [5.74, 6) is 0.614. The third-order valence-corrected chi connectivity index (χ3v) is 5.34. The van der Waals surface area contributed by atoms with Crippen molar-refractivity contribution in [2.24, 2.45) is 5.92 Å². The number of nitrogens with one attached hydrogen (secondary N) is 2. The quantitative estimate of drug-likeness (QED) is 0.511. The van der Waals surface area contributed by atoms with Crippen LogP contribution in [0.4, 0.5) is 10.6 Å². The molecule has 2 aromatic rings. The molecule has 0 aliphatic rings. The van der Waals surface area contributed by atoms with E-state index in [1.54, 1.807) is 9.58 Å². The fraction of sp³-hybridized carbons (Fsp3) is 0.577.